The smallest absolute Gasteiger partial charge is 0.0731 e. The van der Waals surface area contributed by atoms with E-state index in [2.05, 4.69) is 26.1 Å². The van der Waals surface area contributed by atoms with Crippen LogP contribution < -0.4 is 5.32 Å². The average molecular weight is 257 g/mol. The summed E-state index contributed by atoms with van der Waals surface area (Å²) in [5.41, 5.74) is 0. The van der Waals surface area contributed by atoms with E-state index in [1.54, 1.807) is 0 Å². The summed E-state index contributed by atoms with van der Waals surface area (Å²) in [5, 5.41) is 3.55. The minimum absolute atomic E-state index is 0.378. The minimum Gasteiger partial charge on any atom is -0.379 e. The number of nitrogens with one attached hydrogen (secondary N) is 1. The van der Waals surface area contributed by atoms with Crippen LogP contribution in [0.3, 0.4) is 0 Å². The third-order valence-corrected chi connectivity index (χ3v) is 3.72. The van der Waals surface area contributed by atoms with Crippen LogP contribution in [-0.2, 0) is 9.47 Å². The second-order valence-electron chi connectivity index (χ2n) is 5.46. The molecule has 0 aromatic rings. The molecule has 0 radical (unpaired) electrons. The molecular formula is C15H31NO2. The van der Waals surface area contributed by atoms with Crippen LogP contribution in [-0.4, -0.2) is 38.5 Å². The summed E-state index contributed by atoms with van der Waals surface area (Å²) in [6.45, 7) is 10.1. The molecule has 1 aliphatic carbocycles. The summed E-state index contributed by atoms with van der Waals surface area (Å²) in [7, 11) is 0. The van der Waals surface area contributed by atoms with Crippen molar-refractivity contribution in [3.63, 3.8) is 0 Å². The Bertz CT molecular complexity index is 199. The molecule has 0 heterocycles. The molecule has 0 aromatic carbocycles. The first-order valence-corrected chi connectivity index (χ1v) is 7.70. The number of hydrogen-bond donors (Lipinski definition) is 1. The van der Waals surface area contributed by atoms with E-state index in [1.807, 2.05) is 0 Å². The van der Waals surface area contributed by atoms with Gasteiger partial charge < -0.3 is 14.8 Å². The van der Waals surface area contributed by atoms with Crippen molar-refractivity contribution in [2.75, 3.05) is 26.4 Å². The molecule has 0 aromatic heterocycles. The van der Waals surface area contributed by atoms with Gasteiger partial charge in [-0.15, -0.1) is 0 Å². The fourth-order valence-corrected chi connectivity index (χ4v) is 2.62. The molecule has 108 valence electrons. The lowest BCUT2D eigenvalue weighted by atomic mass is 9.85. The molecule has 0 spiro atoms. The molecule has 1 aliphatic rings. The summed E-state index contributed by atoms with van der Waals surface area (Å²) < 4.78 is 11.6. The predicted molar refractivity (Wildman–Crippen MR) is 75.9 cm³/mol. The average Bonchev–Trinajstić information content (AvgIpc) is 2.37. The van der Waals surface area contributed by atoms with Crippen molar-refractivity contribution in [2.45, 2.75) is 65.0 Å². The molecule has 1 saturated carbocycles. The minimum atomic E-state index is 0.378. The highest BCUT2D eigenvalue weighted by atomic mass is 16.5. The van der Waals surface area contributed by atoms with Gasteiger partial charge in [0.2, 0.25) is 0 Å². The van der Waals surface area contributed by atoms with Gasteiger partial charge in [-0.2, -0.15) is 0 Å². The zero-order valence-corrected chi connectivity index (χ0v) is 12.4. The number of likely N-dealkylation sites (N-methyl/N-ethyl adjacent to an activating group) is 1. The monoisotopic (exact) mass is 257 g/mol. The van der Waals surface area contributed by atoms with Gasteiger partial charge in [0.05, 0.1) is 19.3 Å². The number of hydrogen-bond acceptors (Lipinski definition) is 3. The molecule has 3 nitrogen and oxygen atoms in total. The molecule has 0 saturated heterocycles. The zero-order valence-electron chi connectivity index (χ0n) is 12.4. The Labute approximate surface area is 113 Å². The summed E-state index contributed by atoms with van der Waals surface area (Å²) in [4.78, 5) is 0. The van der Waals surface area contributed by atoms with Crippen LogP contribution in [0.1, 0.15) is 52.9 Å². The Hall–Kier alpha value is -0.120. The third kappa shape index (κ3) is 6.17. The molecule has 3 unspecified atom stereocenters. The van der Waals surface area contributed by atoms with E-state index in [-0.39, 0.29) is 0 Å². The molecule has 18 heavy (non-hydrogen) atoms. The van der Waals surface area contributed by atoms with Crippen molar-refractivity contribution < 1.29 is 9.47 Å². The number of rotatable bonds is 9. The highest BCUT2D eigenvalue weighted by Crippen LogP contribution is 2.26. The predicted octanol–water partition coefficient (Wildman–Crippen LogP) is 2.99. The topological polar surface area (TPSA) is 30.5 Å². The first-order valence-electron chi connectivity index (χ1n) is 7.70. The van der Waals surface area contributed by atoms with E-state index in [0.717, 1.165) is 38.7 Å². The lowest BCUT2D eigenvalue weighted by molar-refractivity contribution is -0.0342. The maximum atomic E-state index is 6.01. The quantitative estimate of drug-likeness (QED) is 0.644. The SMILES string of the molecule is CCCCOCCOC1CC(C)CCC1NCC. The van der Waals surface area contributed by atoms with E-state index in [1.165, 1.54) is 25.7 Å². The third-order valence-electron chi connectivity index (χ3n) is 3.72. The van der Waals surface area contributed by atoms with Gasteiger partial charge in [-0.1, -0.05) is 27.2 Å². The van der Waals surface area contributed by atoms with Gasteiger partial charge in [0.1, 0.15) is 0 Å². The Morgan fingerprint density at radius 3 is 2.67 bits per heavy atom. The molecule has 0 amide bonds. The molecule has 3 atom stereocenters. The first kappa shape index (κ1) is 15.9. The second kappa shape index (κ2) is 9.76. The van der Waals surface area contributed by atoms with Gasteiger partial charge in [0, 0.05) is 12.6 Å². The van der Waals surface area contributed by atoms with Gasteiger partial charge in [-0.05, 0) is 38.1 Å². The van der Waals surface area contributed by atoms with Crippen molar-refractivity contribution in [1.29, 1.82) is 0 Å². The van der Waals surface area contributed by atoms with Gasteiger partial charge >= 0.3 is 0 Å². The molecule has 0 bridgehead atoms. The molecular weight excluding hydrogens is 226 g/mol. The van der Waals surface area contributed by atoms with Crippen molar-refractivity contribution in [3.8, 4) is 0 Å². The van der Waals surface area contributed by atoms with Gasteiger partial charge in [0.25, 0.3) is 0 Å². The molecule has 1 N–H and O–H groups in total. The van der Waals surface area contributed by atoms with E-state index < -0.39 is 0 Å². The van der Waals surface area contributed by atoms with Crippen LogP contribution in [0.15, 0.2) is 0 Å². The van der Waals surface area contributed by atoms with Gasteiger partial charge in [-0.25, -0.2) is 0 Å². The molecule has 3 heteroatoms. The standard InChI is InChI=1S/C15H31NO2/c1-4-6-9-17-10-11-18-15-12-13(3)7-8-14(15)16-5-2/h13-16H,4-12H2,1-3H3. The van der Waals surface area contributed by atoms with Gasteiger partial charge in [0.15, 0.2) is 0 Å². The van der Waals surface area contributed by atoms with Crippen LogP contribution in [0.25, 0.3) is 0 Å². The Morgan fingerprint density at radius 1 is 1.11 bits per heavy atom. The van der Waals surface area contributed by atoms with Crippen molar-refractivity contribution in [3.05, 3.63) is 0 Å². The van der Waals surface area contributed by atoms with Crippen LogP contribution in [0.4, 0.5) is 0 Å². The van der Waals surface area contributed by atoms with Crippen molar-refractivity contribution in [2.24, 2.45) is 5.92 Å². The van der Waals surface area contributed by atoms with Crippen LogP contribution in [0.2, 0.25) is 0 Å². The fraction of sp³-hybridized carbons (Fsp3) is 1.00. The highest BCUT2D eigenvalue weighted by Gasteiger charge is 2.28. The van der Waals surface area contributed by atoms with E-state index in [4.69, 9.17) is 9.47 Å². The van der Waals surface area contributed by atoms with E-state index in [9.17, 15) is 0 Å². The lowest BCUT2D eigenvalue weighted by Gasteiger charge is -2.35. The van der Waals surface area contributed by atoms with Crippen molar-refractivity contribution in [1.82, 2.24) is 5.32 Å². The summed E-state index contributed by atoms with van der Waals surface area (Å²) in [6.07, 6.45) is 6.49. The maximum absolute atomic E-state index is 6.01. The normalized spacial score (nSPS) is 28.5. The number of unbranched alkanes of at least 4 members (excludes halogenated alkanes) is 1. The Kier molecular flexibility index (Phi) is 8.64. The largest absolute Gasteiger partial charge is 0.379 e. The molecule has 0 aliphatic heterocycles. The van der Waals surface area contributed by atoms with E-state index >= 15 is 0 Å². The van der Waals surface area contributed by atoms with Crippen LogP contribution in [0, 0.1) is 5.92 Å². The molecule has 1 rings (SSSR count). The maximum Gasteiger partial charge on any atom is 0.0731 e. The lowest BCUT2D eigenvalue weighted by Crippen LogP contribution is -2.45. The number of ether oxygens (including phenoxy) is 2. The second-order valence-corrected chi connectivity index (χ2v) is 5.46. The Morgan fingerprint density at radius 2 is 1.94 bits per heavy atom. The zero-order chi connectivity index (χ0) is 13.2. The highest BCUT2D eigenvalue weighted by molar-refractivity contribution is 4.84. The Balaban J connectivity index is 2.15. The van der Waals surface area contributed by atoms with E-state index in [0.29, 0.717) is 12.1 Å². The van der Waals surface area contributed by atoms with Crippen molar-refractivity contribution >= 4 is 0 Å². The van der Waals surface area contributed by atoms with Crippen LogP contribution in [0.5, 0.6) is 0 Å². The molecule has 1 fully saturated rings. The first-order chi connectivity index (χ1) is 8.77. The summed E-state index contributed by atoms with van der Waals surface area (Å²) >= 11 is 0. The van der Waals surface area contributed by atoms with Crippen LogP contribution >= 0.6 is 0 Å². The van der Waals surface area contributed by atoms with Gasteiger partial charge in [-0.3, -0.25) is 0 Å². The summed E-state index contributed by atoms with van der Waals surface area (Å²) in [5.74, 6) is 0.797. The fourth-order valence-electron chi connectivity index (χ4n) is 2.62. The summed E-state index contributed by atoms with van der Waals surface area (Å²) in [6, 6.07) is 0.543.